The van der Waals surface area contributed by atoms with Gasteiger partial charge in [0.1, 0.15) is 0 Å². The minimum atomic E-state index is 0.839. The van der Waals surface area contributed by atoms with Crippen molar-refractivity contribution in [1.82, 2.24) is 14.8 Å². The van der Waals surface area contributed by atoms with E-state index in [-0.39, 0.29) is 0 Å². The highest BCUT2D eigenvalue weighted by molar-refractivity contribution is 7.98. The molecule has 96 valence electrons. The van der Waals surface area contributed by atoms with E-state index in [0.717, 1.165) is 30.4 Å². The molecule has 5 heteroatoms. The molecule has 4 nitrogen and oxygen atoms in total. The van der Waals surface area contributed by atoms with E-state index in [1.54, 1.807) is 11.8 Å². The maximum atomic E-state index is 4.32. The summed E-state index contributed by atoms with van der Waals surface area (Å²) in [5, 5.41) is 11.8. The number of aromatic nitrogens is 3. The van der Waals surface area contributed by atoms with E-state index in [9.17, 15) is 0 Å². The minimum Gasteiger partial charge on any atom is -0.355 e. The molecule has 0 saturated heterocycles. The fraction of sp³-hybridized carbons (Fsp3) is 0.385. The van der Waals surface area contributed by atoms with Crippen LogP contribution in [0.3, 0.4) is 0 Å². The Morgan fingerprint density at radius 2 is 2.00 bits per heavy atom. The van der Waals surface area contributed by atoms with Crippen LogP contribution in [0.2, 0.25) is 0 Å². The van der Waals surface area contributed by atoms with Gasteiger partial charge in [0.05, 0.1) is 0 Å². The van der Waals surface area contributed by atoms with E-state index in [2.05, 4.69) is 52.3 Å². The molecule has 0 spiro atoms. The van der Waals surface area contributed by atoms with E-state index in [4.69, 9.17) is 0 Å². The maximum absolute atomic E-state index is 4.32. The highest BCUT2D eigenvalue weighted by Gasteiger charge is 2.14. The quantitative estimate of drug-likeness (QED) is 0.841. The van der Waals surface area contributed by atoms with Crippen molar-refractivity contribution in [2.24, 2.45) is 0 Å². The van der Waals surface area contributed by atoms with Gasteiger partial charge in [-0.05, 0) is 26.2 Å². The van der Waals surface area contributed by atoms with Crippen LogP contribution in [-0.4, -0.2) is 27.6 Å². The molecule has 1 aromatic carbocycles. The lowest BCUT2D eigenvalue weighted by atomic mass is 10.2. The van der Waals surface area contributed by atoms with Gasteiger partial charge >= 0.3 is 0 Å². The zero-order valence-corrected chi connectivity index (χ0v) is 11.8. The van der Waals surface area contributed by atoms with E-state index < -0.39 is 0 Å². The Labute approximate surface area is 112 Å². The standard InChI is InChI=1S/C13H18N4S/c1-4-14-13-16-15-12(17(13)5-2)10-8-6-7-9-11(10)18-3/h6-9H,4-5H2,1-3H3,(H,14,16). The molecule has 0 radical (unpaired) electrons. The normalized spacial score (nSPS) is 10.6. The van der Waals surface area contributed by atoms with Gasteiger partial charge in [0.25, 0.3) is 0 Å². The van der Waals surface area contributed by atoms with Crippen LogP contribution in [-0.2, 0) is 6.54 Å². The van der Waals surface area contributed by atoms with Gasteiger partial charge in [0.15, 0.2) is 5.82 Å². The van der Waals surface area contributed by atoms with E-state index in [0.29, 0.717) is 0 Å². The molecule has 0 atom stereocenters. The summed E-state index contributed by atoms with van der Waals surface area (Å²) < 4.78 is 2.11. The van der Waals surface area contributed by atoms with Crippen LogP contribution in [0.1, 0.15) is 13.8 Å². The summed E-state index contributed by atoms with van der Waals surface area (Å²) >= 11 is 1.73. The monoisotopic (exact) mass is 262 g/mol. The first-order chi connectivity index (χ1) is 8.81. The Bertz CT molecular complexity index is 521. The second-order valence-electron chi connectivity index (χ2n) is 3.82. The third-order valence-corrected chi connectivity index (χ3v) is 3.55. The molecule has 18 heavy (non-hydrogen) atoms. The summed E-state index contributed by atoms with van der Waals surface area (Å²) in [7, 11) is 0. The molecule has 1 aromatic heterocycles. The summed E-state index contributed by atoms with van der Waals surface area (Å²) in [6.07, 6.45) is 2.08. The van der Waals surface area contributed by atoms with Crippen LogP contribution in [0.4, 0.5) is 5.95 Å². The predicted octanol–water partition coefficient (Wildman–Crippen LogP) is 3.12. The lowest BCUT2D eigenvalue weighted by molar-refractivity contribution is 0.769. The van der Waals surface area contributed by atoms with Gasteiger partial charge in [0.2, 0.25) is 5.95 Å². The van der Waals surface area contributed by atoms with Crippen molar-refractivity contribution in [1.29, 1.82) is 0 Å². The van der Waals surface area contributed by atoms with Gasteiger partial charge in [-0.25, -0.2) is 0 Å². The van der Waals surface area contributed by atoms with Crippen molar-refractivity contribution >= 4 is 17.7 Å². The first kappa shape index (κ1) is 13.0. The van der Waals surface area contributed by atoms with Crippen molar-refractivity contribution < 1.29 is 0 Å². The smallest absolute Gasteiger partial charge is 0.224 e. The molecule has 0 fully saturated rings. The molecule has 0 saturated carbocycles. The highest BCUT2D eigenvalue weighted by atomic mass is 32.2. The fourth-order valence-electron chi connectivity index (χ4n) is 1.92. The predicted molar refractivity (Wildman–Crippen MR) is 77.1 cm³/mol. The second kappa shape index (κ2) is 5.91. The Morgan fingerprint density at radius 3 is 2.67 bits per heavy atom. The maximum Gasteiger partial charge on any atom is 0.224 e. The molecule has 2 aromatic rings. The van der Waals surface area contributed by atoms with Crippen LogP contribution in [0, 0.1) is 0 Å². The summed E-state index contributed by atoms with van der Waals surface area (Å²) in [4.78, 5) is 1.22. The molecular formula is C13H18N4S. The van der Waals surface area contributed by atoms with E-state index in [1.165, 1.54) is 4.90 Å². The van der Waals surface area contributed by atoms with E-state index in [1.807, 2.05) is 12.1 Å². The number of nitrogens with zero attached hydrogens (tertiary/aromatic N) is 3. The molecule has 0 aliphatic rings. The number of hydrogen-bond acceptors (Lipinski definition) is 4. The first-order valence-corrected chi connectivity index (χ1v) is 7.34. The Kier molecular flexibility index (Phi) is 4.25. The van der Waals surface area contributed by atoms with E-state index >= 15 is 0 Å². The molecule has 0 aliphatic carbocycles. The van der Waals surface area contributed by atoms with Gasteiger partial charge < -0.3 is 5.32 Å². The van der Waals surface area contributed by atoms with Crippen LogP contribution in [0.15, 0.2) is 29.2 Å². The Balaban J connectivity index is 2.50. The van der Waals surface area contributed by atoms with Crippen LogP contribution in [0.25, 0.3) is 11.4 Å². The third kappa shape index (κ3) is 2.36. The van der Waals surface area contributed by atoms with Gasteiger partial charge in [-0.1, -0.05) is 18.2 Å². The largest absolute Gasteiger partial charge is 0.355 e. The summed E-state index contributed by atoms with van der Waals surface area (Å²) in [6, 6.07) is 8.29. The zero-order valence-electron chi connectivity index (χ0n) is 11.0. The average molecular weight is 262 g/mol. The Hall–Kier alpha value is -1.49. The van der Waals surface area contributed by atoms with Crippen molar-refractivity contribution in [2.75, 3.05) is 18.1 Å². The van der Waals surface area contributed by atoms with Crippen LogP contribution in [0.5, 0.6) is 0 Å². The number of anilines is 1. The fourth-order valence-corrected chi connectivity index (χ4v) is 2.51. The molecule has 0 bridgehead atoms. The summed E-state index contributed by atoms with van der Waals surface area (Å²) in [6.45, 7) is 5.87. The van der Waals surface area contributed by atoms with Gasteiger partial charge in [0, 0.05) is 23.5 Å². The lowest BCUT2D eigenvalue weighted by Crippen LogP contribution is -2.07. The molecule has 0 amide bonds. The first-order valence-electron chi connectivity index (χ1n) is 6.12. The van der Waals surface area contributed by atoms with Gasteiger partial charge in [-0.2, -0.15) is 0 Å². The zero-order chi connectivity index (χ0) is 13.0. The molecular weight excluding hydrogens is 244 g/mol. The van der Waals surface area contributed by atoms with Crippen molar-refractivity contribution in [3.63, 3.8) is 0 Å². The molecule has 1 heterocycles. The molecule has 1 N–H and O–H groups in total. The van der Waals surface area contributed by atoms with Crippen LogP contribution < -0.4 is 5.32 Å². The Morgan fingerprint density at radius 1 is 1.22 bits per heavy atom. The van der Waals surface area contributed by atoms with Crippen molar-refractivity contribution in [3.8, 4) is 11.4 Å². The van der Waals surface area contributed by atoms with Gasteiger partial charge in [-0.3, -0.25) is 4.57 Å². The number of nitrogens with one attached hydrogen (secondary N) is 1. The van der Waals surface area contributed by atoms with Crippen molar-refractivity contribution in [3.05, 3.63) is 24.3 Å². The molecule has 2 rings (SSSR count). The number of rotatable bonds is 5. The summed E-state index contributed by atoms with van der Waals surface area (Å²) in [5.41, 5.74) is 1.14. The van der Waals surface area contributed by atoms with Crippen molar-refractivity contribution in [2.45, 2.75) is 25.3 Å². The lowest BCUT2D eigenvalue weighted by Gasteiger charge is -2.10. The number of hydrogen-bond donors (Lipinski definition) is 1. The van der Waals surface area contributed by atoms with Gasteiger partial charge in [-0.15, -0.1) is 22.0 Å². The minimum absolute atomic E-state index is 0.839. The highest BCUT2D eigenvalue weighted by Crippen LogP contribution is 2.29. The summed E-state index contributed by atoms with van der Waals surface area (Å²) in [5.74, 6) is 1.77. The average Bonchev–Trinajstić information content (AvgIpc) is 2.81. The topological polar surface area (TPSA) is 42.7 Å². The molecule has 0 aliphatic heterocycles. The number of benzene rings is 1. The third-order valence-electron chi connectivity index (χ3n) is 2.75. The number of thioether (sulfide) groups is 1. The molecule has 0 unspecified atom stereocenters. The second-order valence-corrected chi connectivity index (χ2v) is 4.67. The van der Waals surface area contributed by atoms with Crippen LogP contribution >= 0.6 is 11.8 Å². The SMILES string of the molecule is CCNc1nnc(-c2ccccc2SC)n1CC.